The Morgan fingerprint density at radius 2 is 1.63 bits per heavy atom. The molecule has 2 atom stereocenters. The molecule has 0 unspecified atom stereocenters. The van der Waals surface area contributed by atoms with E-state index in [1.165, 1.54) is 37.0 Å². The molecule has 0 radical (unpaired) electrons. The molecule has 0 bridgehead atoms. The average molecular weight is 407 g/mol. The molecule has 2 heterocycles. The van der Waals surface area contributed by atoms with Crippen molar-refractivity contribution in [3.05, 3.63) is 71.5 Å². The molecule has 1 saturated carbocycles. The fourth-order valence-electron chi connectivity index (χ4n) is 6.37. The van der Waals surface area contributed by atoms with Gasteiger partial charge < -0.3 is 4.90 Å². The Kier molecular flexibility index (Phi) is 5.36. The van der Waals surface area contributed by atoms with Gasteiger partial charge in [-0.3, -0.25) is 9.69 Å². The van der Waals surface area contributed by atoms with Crippen LogP contribution in [0.25, 0.3) is 0 Å². The summed E-state index contributed by atoms with van der Waals surface area (Å²) in [4.78, 5) is 18.3. The predicted octanol–water partition coefficient (Wildman–Crippen LogP) is 4.66. The number of nitrogens with zero attached hydrogens (tertiary/aromatic N) is 2. The van der Waals surface area contributed by atoms with E-state index in [1.54, 1.807) is 12.1 Å². The molecule has 2 aromatic carbocycles. The third kappa shape index (κ3) is 3.66. The van der Waals surface area contributed by atoms with E-state index in [9.17, 15) is 9.18 Å². The van der Waals surface area contributed by atoms with E-state index in [4.69, 9.17) is 0 Å². The summed E-state index contributed by atoms with van der Waals surface area (Å²) in [6, 6.07) is 17.1. The zero-order chi connectivity index (χ0) is 20.6. The number of hydrogen-bond acceptors (Lipinski definition) is 2. The zero-order valence-electron chi connectivity index (χ0n) is 17.6. The Balaban J connectivity index is 1.33. The molecule has 1 amide bonds. The summed E-state index contributed by atoms with van der Waals surface area (Å²) in [5.74, 6) is 1.14. The largest absolute Gasteiger partial charge is 0.336 e. The van der Waals surface area contributed by atoms with Crippen LogP contribution < -0.4 is 0 Å². The molecule has 1 spiro atoms. The lowest BCUT2D eigenvalue weighted by atomic mass is 9.71. The number of benzene rings is 2. The first-order valence-electron chi connectivity index (χ1n) is 11.5. The monoisotopic (exact) mass is 406 g/mol. The summed E-state index contributed by atoms with van der Waals surface area (Å²) < 4.78 is 13.3. The minimum Gasteiger partial charge on any atom is -0.336 e. The van der Waals surface area contributed by atoms with Crippen LogP contribution in [0, 0.1) is 17.7 Å². The number of hydrogen-bond donors (Lipinski definition) is 0. The molecule has 3 nitrogen and oxygen atoms in total. The summed E-state index contributed by atoms with van der Waals surface area (Å²) >= 11 is 0. The zero-order valence-corrected chi connectivity index (χ0v) is 17.6. The van der Waals surface area contributed by atoms with Crippen LogP contribution in [0.1, 0.15) is 43.2 Å². The van der Waals surface area contributed by atoms with Crippen molar-refractivity contribution in [2.24, 2.45) is 11.8 Å². The van der Waals surface area contributed by atoms with Crippen molar-refractivity contribution in [3.63, 3.8) is 0 Å². The van der Waals surface area contributed by atoms with E-state index in [1.807, 2.05) is 0 Å². The summed E-state index contributed by atoms with van der Waals surface area (Å²) in [7, 11) is 0. The predicted molar refractivity (Wildman–Crippen MR) is 116 cm³/mol. The number of halogens is 1. The summed E-state index contributed by atoms with van der Waals surface area (Å²) in [5.41, 5.74) is 2.32. The van der Waals surface area contributed by atoms with Crippen molar-refractivity contribution >= 4 is 5.91 Å². The molecule has 0 N–H and O–H groups in total. The molecule has 3 aliphatic rings. The van der Waals surface area contributed by atoms with E-state index in [2.05, 4.69) is 40.1 Å². The lowest BCUT2D eigenvalue weighted by Gasteiger charge is -2.45. The van der Waals surface area contributed by atoms with Gasteiger partial charge in [0.1, 0.15) is 5.82 Å². The first kappa shape index (κ1) is 19.7. The number of carbonyl (C=O) groups is 1. The minimum atomic E-state index is -0.246. The second-order valence-electron chi connectivity index (χ2n) is 9.52. The van der Waals surface area contributed by atoms with Crippen LogP contribution in [-0.2, 0) is 17.8 Å². The van der Waals surface area contributed by atoms with Crippen molar-refractivity contribution in [1.82, 2.24) is 9.80 Å². The lowest BCUT2D eigenvalue weighted by molar-refractivity contribution is -0.137. The van der Waals surface area contributed by atoms with Crippen LogP contribution in [0.5, 0.6) is 0 Å². The van der Waals surface area contributed by atoms with Gasteiger partial charge in [-0.1, -0.05) is 61.7 Å². The number of carbonyl (C=O) groups excluding carboxylic acids is 1. The number of likely N-dealkylation sites (tertiary alicyclic amines) is 2. The number of fused-ring (bicyclic) bond motifs is 2. The highest BCUT2D eigenvalue weighted by Crippen LogP contribution is 2.51. The molecule has 158 valence electrons. The maximum absolute atomic E-state index is 13.4. The topological polar surface area (TPSA) is 23.6 Å². The van der Waals surface area contributed by atoms with Crippen molar-refractivity contribution in [2.45, 2.75) is 50.6 Å². The van der Waals surface area contributed by atoms with Gasteiger partial charge in [-0.25, -0.2) is 4.39 Å². The highest BCUT2D eigenvalue weighted by molar-refractivity contribution is 5.80. The van der Waals surface area contributed by atoms with Crippen LogP contribution in [0.15, 0.2) is 54.6 Å². The van der Waals surface area contributed by atoms with Crippen LogP contribution >= 0.6 is 0 Å². The second kappa shape index (κ2) is 8.14. The first-order chi connectivity index (χ1) is 14.6. The van der Waals surface area contributed by atoms with Gasteiger partial charge in [0, 0.05) is 37.6 Å². The van der Waals surface area contributed by atoms with Gasteiger partial charge >= 0.3 is 0 Å². The van der Waals surface area contributed by atoms with Crippen molar-refractivity contribution in [2.75, 3.05) is 19.6 Å². The molecular weight excluding hydrogens is 375 g/mol. The maximum Gasteiger partial charge on any atom is 0.227 e. The highest BCUT2D eigenvalue weighted by Gasteiger charge is 2.57. The Bertz CT molecular complexity index is 876. The molecule has 5 rings (SSSR count). The van der Waals surface area contributed by atoms with E-state index < -0.39 is 0 Å². The fraction of sp³-hybridized carbons (Fsp3) is 0.500. The van der Waals surface area contributed by atoms with E-state index in [0.717, 1.165) is 44.6 Å². The molecule has 4 heteroatoms. The van der Waals surface area contributed by atoms with Crippen LogP contribution in [0.3, 0.4) is 0 Å². The quantitative estimate of drug-likeness (QED) is 0.737. The molecule has 3 fully saturated rings. The normalized spacial score (nSPS) is 25.6. The average Bonchev–Trinajstić information content (AvgIpc) is 3.29. The van der Waals surface area contributed by atoms with Crippen LogP contribution in [0.4, 0.5) is 4.39 Å². The van der Waals surface area contributed by atoms with Gasteiger partial charge in [0.2, 0.25) is 5.91 Å². The summed E-state index contributed by atoms with van der Waals surface area (Å²) in [5, 5.41) is 0. The first-order valence-corrected chi connectivity index (χ1v) is 11.5. The third-order valence-electron chi connectivity index (χ3n) is 7.70. The van der Waals surface area contributed by atoms with Crippen molar-refractivity contribution in [1.29, 1.82) is 0 Å². The Hall–Kier alpha value is -2.20. The summed E-state index contributed by atoms with van der Waals surface area (Å²) in [6.45, 7) is 4.07. The van der Waals surface area contributed by atoms with Crippen molar-refractivity contribution in [3.8, 4) is 0 Å². The number of rotatable bonds is 4. The fourth-order valence-corrected chi connectivity index (χ4v) is 6.37. The SMILES string of the molecule is O=C(Cc1ccc(F)cc1)N1C[C@@H]2CN(Cc3ccccc3)C[C@H]2C12CCCCC2. The Morgan fingerprint density at radius 1 is 0.900 bits per heavy atom. The smallest absolute Gasteiger partial charge is 0.227 e. The van der Waals surface area contributed by atoms with Gasteiger partial charge in [-0.15, -0.1) is 0 Å². The standard InChI is InChI=1S/C26H31FN2O/c27-23-11-9-20(10-12-23)15-25(30)29-18-22-17-28(16-21-7-3-1-4-8-21)19-24(22)26(29)13-5-2-6-14-26/h1,3-4,7-12,22,24H,2,5-6,13-19H2/t22-,24+/m0/s1. The van der Waals surface area contributed by atoms with Gasteiger partial charge in [0.15, 0.2) is 0 Å². The Morgan fingerprint density at radius 3 is 2.37 bits per heavy atom. The highest BCUT2D eigenvalue weighted by atomic mass is 19.1. The van der Waals surface area contributed by atoms with Crippen LogP contribution in [0.2, 0.25) is 0 Å². The second-order valence-corrected chi connectivity index (χ2v) is 9.52. The molecule has 30 heavy (non-hydrogen) atoms. The van der Waals surface area contributed by atoms with Gasteiger partial charge in [-0.2, -0.15) is 0 Å². The third-order valence-corrected chi connectivity index (χ3v) is 7.70. The molecule has 0 aromatic heterocycles. The number of amides is 1. The molecular formula is C26H31FN2O. The molecule has 2 aromatic rings. The van der Waals surface area contributed by atoms with E-state index >= 15 is 0 Å². The summed E-state index contributed by atoms with van der Waals surface area (Å²) in [6.07, 6.45) is 6.40. The molecule has 1 aliphatic carbocycles. The van der Waals surface area contributed by atoms with Gasteiger partial charge in [0.05, 0.1) is 6.42 Å². The maximum atomic E-state index is 13.4. The van der Waals surface area contributed by atoms with E-state index in [0.29, 0.717) is 18.3 Å². The van der Waals surface area contributed by atoms with Gasteiger partial charge in [-0.05, 0) is 42.0 Å². The molecule has 2 saturated heterocycles. The van der Waals surface area contributed by atoms with Crippen LogP contribution in [-0.4, -0.2) is 40.9 Å². The van der Waals surface area contributed by atoms with Crippen molar-refractivity contribution < 1.29 is 9.18 Å². The minimum absolute atomic E-state index is 0.0332. The lowest BCUT2D eigenvalue weighted by Crippen LogP contribution is -2.53. The molecule has 2 aliphatic heterocycles. The van der Waals surface area contributed by atoms with E-state index in [-0.39, 0.29) is 17.3 Å². The van der Waals surface area contributed by atoms with Gasteiger partial charge in [0.25, 0.3) is 0 Å². The Labute approximate surface area is 178 Å².